The van der Waals surface area contributed by atoms with Crippen molar-refractivity contribution < 1.29 is 4.79 Å². The second kappa shape index (κ2) is 3.71. The van der Waals surface area contributed by atoms with E-state index in [1.165, 1.54) is 6.92 Å². The fourth-order valence-corrected chi connectivity index (χ4v) is 0.724. The van der Waals surface area contributed by atoms with Gasteiger partial charge in [-0.1, -0.05) is 30.3 Å². The first-order valence-electron chi connectivity index (χ1n) is 3.44. The second-order valence-electron chi connectivity index (χ2n) is 2.28. The molecule has 1 rings (SSSR count). The zero-order valence-corrected chi connectivity index (χ0v) is 6.37. The van der Waals surface area contributed by atoms with E-state index in [1.54, 1.807) is 12.2 Å². The van der Waals surface area contributed by atoms with E-state index in [4.69, 9.17) is 0 Å². The summed E-state index contributed by atoms with van der Waals surface area (Å²) in [6.07, 6.45) is 3.34. The summed E-state index contributed by atoms with van der Waals surface area (Å²) >= 11 is 0. The van der Waals surface area contributed by atoms with Crippen LogP contribution in [0.1, 0.15) is 12.5 Å². The van der Waals surface area contributed by atoms with Gasteiger partial charge in [-0.25, -0.2) is 0 Å². The lowest BCUT2D eigenvalue weighted by Crippen LogP contribution is -1.79. The molecular weight excluding hydrogens is 136 g/mol. The van der Waals surface area contributed by atoms with Crippen molar-refractivity contribution in [3.63, 3.8) is 0 Å². The van der Waals surface area contributed by atoms with Crippen LogP contribution in [0.3, 0.4) is 0 Å². The third-order valence-electron chi connectivity index (χ3n) is 1.25. The van der Waals surface area contributed by atoms with Crippen LogP contribution in [-0.2, 0) is 4.79 Å². The van der Waals surface area contributed by atoms with Gasteiger partial charge in [0.1, 0.15) is 0 Å². The molecule has 0 saturated heterocycles. The zero-order chi connectivity index (χ0) is 8.10. The smallest absolute Gasteiger partial charge is 0.152 e. The molecule has 0 saturated carbocycles. The molecule has 0 unspecified atom stereocenters. The van der Waals surface area contributed by atoms with Gasteiger partial charge < -0.3 is 0 Å². The van der Waals surface area contributed by atoms with Crippen molar-refractivity contribution in [2.75, 3.05) is 0 Å². The van der Waals surface area contributed by atoms with Crippen molar-refractivity contribution >= 4 is 11.9 Å². The SMILES string of the molecule is CC(=O)/C=C/c1cc[c]cc1. The average Bonchev–Trinajstić information content (AvgIpc) is 2.03. The fourth-order valence-electron chi connectivity index (χ4n) is 0.724. The quantitative estimate of drug-likeness (QED) is 0.582. The van der Waals surface area contributed by atoms with Gasteiger partial charge in [0.25, 0.3) is 0 Å². The van der Waals surface area contributed by atoms with Gasteiger partial charge >= 0.3 is 0 Å². The number of carbonyl (C=O) groups is 1. The molecule has 1 aromatic carbocycles. The van der Waals surface area contributed by atoms with Crippen molar-refractivity contribution in [2.45, 2.75) is 6.92 Å². The minimum Gasteiger partial charge on any atom is -0.295 e. The van der Waals surface area contributed by atoms with E-state index < -0.39 is 0 Å². The van der Waals surface area contributed by atoms with Crippen molar-refractivity contribution in [2.24, 2.45) is 0 Å². The van der Waals surface area contributed by atoms with Crippen LogP contribution < -0.4 is 0 Å². The summed E-state index contributed by atoms with van der Waals surface area (Å²) in [5.74, 6) is 0.0674. The third kappa shape index (κ3) is 2.80. The highest BCUT2D eigenvalue weighted by Crippen LogP contribution is 1.99. The number of rotatable bonds is 2. The van der Waals surface area contributed by atoms with Crippen LogP contribution in [0.2, 0.25) is 0 Å². The Hall–Kier alpha value is -1.37. The lowest BCUT2D eigenvalue weighted by molar-refractivity contribution is -0.112. The lowest BCUT2D eigenvalue weighted by Gasteiger charge is -1.87. The van der Waals surface area contributed by atoms with Gasteiger partial charge in [-0.15, -0.1) is 0 Å². The summed E-state index contributed by atoms with van der Waals surface area (Å²) in [7, 11) is 0. The molecule has 0 amide bonds. The first-order valence-corrected chi connectivity index (χ1v) is 3.44. The average molecular weight is 145 g/mol. The van der Waals surface area contributed by atoms with E-state index in [2.05, 4.69) is 6.07 Å². The number of ketones is 1. The summed E-state index contributed by atoms with van der Waals surface area (Å²) in [5.41, 5.74) is 1.03. The topological polar surface area (TPSA) is 17.1 Å². The summed E-state index contributed by atoms with van der Waals surface area (Å²) in [5, 5.41) is 0. The van der Waals surface area contributed by atoms with E-state index in [1.807, 2.05) is 24.3 Å². The van der Waals surface area contributed by atoms with Gasteiger partial charge in [-0.2, -0.15) is 0 Å². The highest BCUT2D eigenvalue weighted by Gasteiger charge is 1.84. The van der Waals surface area contributed by atoms with Gasteiger partial charge in [0.2, 0.25) is 0 Å². The van der Waals surface area contributed by atoms with E-state index in [9.17, 15) is 4.79 Å². The van der Waals surface area contributed by atoms with Crippen LogP contribution >= 0.6 is 0 Å². The predicted molar refractivity (Wildman–Crippen MR) is 45.0 cm³/mol. The molecule has 0 aliphatic rings. The first kappa shape index (κ1) is 7.73. The molecule has 11 heavy (non-hydrogen) atoms. The monoisotopic (exact) mass is 145 g/mol. The molecule has 0 aliphatic carbocycles. The highest BCUT2D eigenvalue weighted by molar-refractivity contribution is 5.91. The number of benzene rings is 1. The molecule has 1 nitrogen and oxygen atoms in total. The minimum absolute atomic E-state index is 0.0674. The minimum atomic E-state index is 0.0674. The molecule has 55 valence electrons. The Morgan fingerprint density at radius 2 is 2.09 bits per heavy atom. The first-order chi connectivity index (χ1) is 5.29. The highest BCUT2D eigenvalue weighted by atomic mass is 16.1. The Balaban J connectivity index is 2.72. The van der Waals surface area contributed by atoms with E-state index in [0.29, 0.717) is 0 Å². The maximum atomic E-state index is 10.5. The van der Waals surface area contributed by atoms with E-state index in [0.717, 1.165) is 5.56 Å². The maximum absolute atomic E-state index is 10.5. The Bertz CT molecular complexity index is 259. The molecule has 0 heterocycles. The van der Waals surface area contributed by atoms with Crippen LogP contribution in [0, 0.1) is 6.07 Å². The Kier molecular flexibility index (Phi) is 2.61. The standard InChI is InChI=1S/C10H9O/c1-9(11)7-8-10-5-3-2-4-6-10/h3-8H,1H3/b8-7+. The summed E-state index contributed by atoms with van der Waals surface area (Å²) in [6, 6.07) is 10.3. The molecule has 1 radical (unpaired) electrons. The molecule has 0 spiro atoms. The second-order valence-corrected chi connectivity index (χ2v) is 2.28. The van der Waals surface area contributed by atoms with Gasteiger partial charge in [0.05, 0.1) is 0 Å². The van der Waals surface area contributed by atoms with Gasteiger partial charge in [-0.05, 0) is 24.6 Å². The maximum Gasteiger partial charge on any atom is 0.152 e. The Labute approximate surface area is 66.4 Å². The molecule has 0 bridgehead atoms. The van der Waals surface area contributed by atoms with Gasteiger partial charge in [0, 0.05) is 0 Å². The summed E-state index contributed by atoms with van der Waals surface area (Å²) < 4.78 is 0. The Morgan fingerprint density at radius 3 is 2.64 bits per heavy atom. The summed E-state index contributed by atoms with van der Waals surface area (Å²) in [6.45, 7) is 1.53. The Morgan fingerprint density at radius 1 is 1.45 bits per heavy atom. The van der Waals surface area contributed by atoms with Crippen LogP contribution in [0.15, 0.2) is 30.3 Å². The predicted octanol–water partition coefficient (Wildman–Crippen LogP) is 2.09. The van der Waals surface area contributed by atoms with Crippen LogP contribution in [0.25, 0.3) is 6.08 Å². The number of hydrogen-bond donors (Lipinski definition) is 0. The van der Waals surface area contributed by atoms with Gasteiger partial charge in [0.15, 0.2) is 5.78 Å². The lowest BCUT2D eigenvalue weighted by atomic mass is 10.2. The molecule has 0 aromatic heterocycles. The molecule has 0 atom stereocenters. The number of hydrogen-bond acceptors (Lipinski definition) is 1. The largest absolute Gasteiger partial charge is 0.295 e. The van der Waals surface area contributed by atoms with Crippen LogP contribution in [-0.4, -0.2) is 5.78 Å². The molecule has 0 aliphatic heterocycles. The van der Waals surface area contributed by atoms with Crippen LogP contribution in [0.4, 0.5) is 0 Å². The zero-order valence-electron chi connectivity index (χ0n) is 6.37. The molecular formula is C10H9O. The number of allylic oxidation sites excluding steroid dienone is 1. The third-order valence-corrected chi connectivity index (χ3v) is 1.25. The molecule has 1 aromatic rings. The van der Waals surface area contributed by atoms with E-state index >= 15 is 0 Å². The molecule has 0 fully saturated rings. The number of carbonyl (C=O) groups excluding carboxylic acids is 1. The van der Waals surface area contributed by atoms with Crippen molar-refractivity contribution in [3.8, 4) is 0 Å². The fraction of sp³-hybridized carbons (Fsp3) is 0.100. The van der Waals surface area contributed by atoms with Crippen LogP contribution in [0.5, 0.6) is 0 Å². The molecule has 0 N–H and O–H groups in total. The summed E-state index contributed by atoms with van der Waals surface area (Å²) in [4.78, 5) is 10.5. The normalized spacial score (nSPS) is 10.3. The molecule has 1 heteroatoms. The van der Waals surface area contributed by atoms with Crippen molar-refractivity contribution in [1.82, 2.24) is 0 Å². The van der Waals surface area contributed by atoms with Crippen molar-refractivity contribution in [1.29, 1.82) is 0 Å². The van der Waals surface area contributed by atoms with Gasteiger partial charge in [-0.3, -0.25) is 4.79 Å². The van der Waals surface area contributed by atoms with Crippen molar-refractivity contribution in [3.05, 3.63) is 42.0 Å². The van der Waals surface area contributed by atoms with E-state index in [-0.39, 0.29) is 5.78 Å².